The zero-order valence-electron chi connectivity index (χ0n) is 15.0. The number of nitrogens with zero attached hydrogens (tertiary/aromatic N) is 5. The van der Waals surface area contributed by atoms with Gasteiger partial charge in [0.1, 0.15) is 0 Å². The number of carbonyl (C=O) groups excluding carboxylic acids is 1. The lowest BCUT2D eigenvalue weighted by molar-refractivity contribution is -0.117. The van der Waals surface area contributed by atoms with Crippen LogP contribution in [0.25, 0.3) is 22.0 Å². The van der Waals surface area contributed by atoms with Gasteiger partial charge in [0.05, 0.1) is 18.3 Å². The summed E-state index contributed by atoms with van der Waals surface area (Å²) >= 11 is 0. The van der Waals surface area contributed by atoms with E-state index in [1.807, 2.05) is 50.8 Å². The van der Waals surface area contributed by atoms with Gasteiger partial charge in [0, 0.05) is 30.2 Å². The fraction of sp³-hybridized carbons (Fsp3) is 0.368. The third-order valence-electron chi connectivity index (χ3n) is 4.98. The lowest BCUT2D eigenvalue weighted by Crippen LogP contribution is -2.41. The van der Waals surface area contributed by atoms with Crippen molar-refractivity contribution < 1.29 is 4.79 Å². The monoisotopic (exact) mass is 350 g/mol. The molecule has 0 aliphatic heterocycles. The molecule has 1 fully saturated rings. The molecule has 0 radical (unpaired) electrons. The average molecular weight is 350 g/mol. The zero-order valence-corrected chi connectivity index (χ0v) is 15.0. The van der Waals surface area contributed by atoms with Crippen LogP contribution < -0.4 is 5.32 Å². The first-order valence-corrected chi connectivity index (χ1v) is 8.85. The summed E-state index contributed by atoms with van der Waals surface area (Å²) in [6.45, 7) is 0.375. The zero-order chi connectivity index (χ0) is 18.1. The van der Waals surface area contributed by atoms with Crippen LogP contribution in [0, 0.1) is 0 Å². The van der Waals surface area contributed by atoms with E-state index in [4.69, 9.17) is 0 Å². The highest BCUT2D eigenvalue weighted by atomic mass is 16.2. The van der Waals surface area contributed by atoms with E-state index in [2.05, 4.69) is 25.5 Å². The summed E-state index contributed by atoms with van der Waals surface area (Å²) in [6.07, 6.45) is 7.41. The van der Waals surface area contributed by atoms with Crippen molar-refractivity contribution in [2.75, 3.05) is 18.9 Å². The maximum absolute atomic E-state index is 12.3. The third-order valence-corrected chi connectivity index (χ3v) is 4.98. The topological polar surface area (TPSA) is 75.9 Å². The molecule has 0 saturated heterocycles. The summed E-state index contributed by atoms with van der Waals surface area (Å²) in [7, 11) is 3.89. The lowest BCUT2D eigenvalue weighted by Gasteiger charge is -2.34. The molecule has 2 aromatic heterocycles. The number of hydrogen-bond donors (Lipinski definition) is 1. The van der Waals surface area contributed by atoms with Gasteiger partial charge in [-0.2, -0.15) is 5.10 Å². The van der Waals surface area contributed by atoms with E-state index in [0.29, 0.717) is 18.4 Å². The molecule has 7 heteroatoms. The molecule has 0 spiro atoms. The Morgan fingerprint density at radius 2 is 2.12 bits per heavy atom. The summed E-state index contributed by atoms with van der Waals surface area (Å²) < 4.78 is 1.77. The van der Waals surface area contributed by atoms with Gasteiger partial charge < -0.3 is 5.32 Å². The summed E-state index contributed by atoms with van der Waals surface area (Å²) in [5, 5.41) is 16.3. The minimum Gasteiger partial charge on any atom is -0.308 e. The van der Waals surface area contributed by atoms with Crippen LogP contribution in [0.3, 0.4) is 0 Å². The van der Waals surface area contributed by atoms with Gasteiger partial charge in [-0.3, -0.25) is 14.4 Å². The van der Waals surface area contributed by atoms with Crippen molar-refractivity contribution in [2.45, 2.75) is 25.3 Å². The first-order chi connectivity index (χ1) is 12.6. The fourth-order valence-corrected chi connectivity index (χ4v) is 3.22. The van der Waals surface area contributed by atoms with Crippen molar-refractivity contribution in [3.05, 3.63) is 36.7 Å². The predicted octanol–water partition coefficient (Wildman–Crippen LogP) is 2.45. The van der Waals surface area contributed by atoms with Gasteiger partial charge in [0.2, 0.25) is 5.91 Å². The fourth-order valence-electron chi connectivity index (χ4n) is 3.22. The molecule has 26 heavy (non-hydrogen) atoms. The second-order valence-electron chi connectivity index (χ2n) is 6.95. The van der Waals surface area contributed by atoms with E-state index in [1.54, 1.807) is 4.68 Å². The smallest absolute Gasteiger partial charge is 0.239 e. The van der Waals surface area contributed by atoms with Crippen molar-refractivity contribution in [1.82, 2.24) is 24.9 Å². The number of benzene rings is 1. The molecule has 1 N–H and O–H groups in total. The van der Waals surface area contributed by atoms with Gasteiger partial charge in [0.25, 0.3) is 0 Å². The number of fused-ring (bicyclic) bond motifs is 1. The standard InChI is InChI=1S/C19H22N6O/c1-24(16-4-3-5-16)12-19(26)21-18-9-14-8-13(6-7-17(14)22-23-18)15-10-20-25(2)11-15/h6-11,16H,3-5,12H2,1-2H3,(H,21,23,26). The Kier molecular flexibility index (Phi) is 4.38. The second kappa shape index (κ2) is 6.84. The van der Waals surface area contributed by atoms with Gasteiger partial charge in [-0.15, -0.1) is 10.2 Å². The normalized spacial score (nSPS) is 14.6. The quantitative estimate of drug-likeness (QED) is 0.765. The molecule has 134 valence electrons. The molecule has 1 amide bonds. The number of rotatable bonds is 5. The van der Waals surface area contributed by atoms with Crippen molar-refractivity contribution in [2.24, 2.45) is 7.05 Å². The number of aryl methyl sites for hydroxylation is 1. The molecule has 1 aliphatic rings. The van der Waals surface area contributed by atoms with Crippen LogP contribution in [0.15, 0.2) is 36.7 Å². The molecular weight excluding hydrogens is 328 g/mol. The summed E-state index contributed by atoms with van der Waals surface area (Å²) in [6, 6.07) is 8.37. The van der Waals surface area contributed by atoms with E-state index in [-0.39, 0.29) is 5.91 Å². The molecule has 1 saturated carbocycles. The Balaban J connectivity index is 1.51. The number of likely N-dealkylation sites (N-methyl/N-ethyl adjacent to an activating group) is 1. The number of aromatic nitrogens is 4. The van der Waals surface area contributed by atoms with Crippen LogP contribution in [0.2, 0.25) is 0 Å². The number of amides is 1. The van der Waals surface area contributed by atoms with Gasteiger partial charge in [-0.05, 0) is 43.7 Å². The highest BCUT2D eigenvalue weighted by Crippen LogP contribution is 2.25. The summed E-state index contributed by atoms with van der Waals surface area (Å²) in [4.78, 5) is 14.4. The molecule has 1 aliphatic carbocycles. The number of anilines is 1. The minimum absolute atomic E-state index is 0.0588. The maximum atomic E-state index is 12.3. The third kappa shape index (κ3) is 3.43. The molecule has 1 aromatic carbocycles. The van der Waals surface area contributed by atoms with Gasteiger partial charge in [0.15, 0.2) is 5.82 Å². The second-order valence-corrected chi connectivity index (χ2v) is 6.95. The Morgan fingerprint density at radius 3 is 2.81 bits per heavy atom. The maximum Gasteiger partial charge on any atom is 0.239 e. The van der Waals surface area contributed by atoms with Crippen molar-refractivity contribution in [3.63, 3.8) is 0 Å². The minimum atomic E-state index is -0.0588. The van der Waals surface area contributed by atoms with Gasteiger partial charge in [-0.25, -0.2) is 0 Å². The van der Waals surface area contributed by atoms with E-state index in [0.717, 1.165) is 22.0 Å². The first kappa shape index (κ1) is 16.7. The number of nitrogens with one attached hydrogen (secondary N) is 1. The average Bonchev–Trinajstić information content (AvgIpc) is 2.98. The number of carbonyl (C=O) groups is 1. The molecule has 0 bridgehead atoms. The van der Waals surface area contributed by atoms with E-state index in [9.17, 15) is 4.79 Å². The van der Waals surface area contributed by atoms with Gasteiger partial charge >= 0.3 is 0 Å². The SMILES string of the molecule is CN(CC(=O)Nc1cc2cc(-c3cnn(C)c3)ccc2nn1)C1CCC1. The first-order valence-electron chi connectivity index (χ1n) is 8.85. The summed E-state index contributed by atoms with van der Waals surface area (Å²) in [5.41, 5.74) is 2.89. The Bertz CT molecular complexity index is 946. The van der Waals surface area contributed by atoms with Crippen molar-refractivity contribution >= 4 is 22.6 Å². The highest BCUT2D eigenvalue weighted by Gasteiger charge is 2.23. The Labute approximate surface area is 152 Å². The largest absolute Gasteiger partial charge is 0.308 e. The molecular formula is C19H22N6O. The lowest BCUT2D eigenvalue weighted by atomic mass is 9.92. The molecule has 0 unspecified atom stereocenters. The molecule has 2 heterocycles. The van der Waals surface area contributed by atoms with Crippen molar-refractivity contribution in [1.29, 1.82) is 0 Å². The Hall–Kier alpha value is -2.80. The molecule has 0 atom stereocenters. The van der Waals surface area contributed by atoms with E-state index in [1.165, 1.54) is 19.3 Å². The number of hydrogen-bond acceptors (Lipinski definition) is 5. The Morgan fingerprint density at radius 1 is 1.27 bits per heavy atom. The predicted molar refractivity (Wildman–Crippen MR) is 101 cm³/mol. The van der Waals surface area contributed by atoms with Crippen LogP contribution in [-0.4, -0.2) is 50.4 Å². The van der Waals surface area contributed by atoms with E-state index < -0.39 is 0 Å². The van der Waals surface area contributed by atoms with Crippen LogP contribution >= 0.6 is 0 Å². The summed E-state index contributed by atoms with van der Waals surface area (Å²) in [5.74, 6) is 0.421. The van der Waals surface area contributed by atoms with Crippen LogP contribution in [0.5, 0.6) is 0 Å². The molecule has 3 aromatic rings. The van der Waals surface area contributed by atoms with Crippen molar-refractivity contribution in [3.8, 4) is 11.1 Å². The highest BCUT2D eigenvalue weighted by molar-refractivity contribution is 5.93. The molecule has 7 nitrogen and oxygen atoms in total. The van der Waals surface area contributed by atoms with Crippen LogP contribution in [0.1, 0.15) is 19.3 Å². The van der Waals surface area contributed by atoms with Crippen LogP contribution in [0.4, 0.5) is 5.82 Å². The van der Waals surface area contributed by atoms with E-state index >= 15 is 0 Å². The molecule has 4 rings (SSSR count). The van der Waals surface area contributed by atoms with Crippen LogP contribution in [-0.2, 0) is 11.8 Å². The van der Waals surface area contributed by atoms with Gasteiger partial charge in [-0.1, -0.05) is 12.5 Å².